The highest BCUT2D eigenvalue weighted by atomic mass is 16.3. The number of aliphatic hydroxyl groups excluding tert-OH is 1. The lowest BCUT2D eigenvalue weighted by atomic mass is 9.96. The molecule has 1 fully saturated rings. The fourth-order valence-electron chi connectivity index (χ4n) is 2.35. The van der Waals surface area contributed by atoms with E-state index in [0.717, 1.165) is 5.56 Å². The molecule has 0 saturated carbocycles. The van der Waals surface area contributed by atoms with Gasteiger partial charge in [0.2, 0.25) is 5.91 Å². The number of nitrogens with zero attached hydrogens (tertiary/aromatic N) is 1. The molecule has 1 aliphatic rings. The highest BCUT2D eigenvalue weighted by molar-refractivity contribution is 5.78. The summed E-state index contributed by atoms with van der Waals surface area (Å²) in [4.78, 5) is 14.0. The molecular weight excluding hydrogens is 226 g/mol. The molecule has 0 bridgehead atoms. The van der Waals surface area contributed by atoms with Crippen molar-refractivity contribution in [1.82, 2.24) is 4.90 Å². The fourth-order valence-corrected chi connectivity index (χ4v) is 2.35. The average Bonchev–Trinajstić information content (AvgIpc) is 2.35. The molecule has 1 heterocycles. The van der Waals surface area contributed by atoms with Crippen LogP contribution in [0.3, 0.4) is 0 Å². The quantitative estimate of drug-likeness (QED) is 0.865. The minimum absolute atomic E-state index is 0.164. The number of carbonyl (C=O) groups is 1. The molecule has 2 rings (SSSR count). The Kier molecular flexibility index (Phi) is 4.02. The molecule has 0 spiro atoms. The number of likely N-dealkylation sites (tertiary alicyclic amines) is 1. The van der Waals surface area contributed by atoms with Gasteiger partial charge in [0.25, 0.3) is 0 Å². The van der Waals surface area contributed by atoms with Gasteiger partial charge < -0.3 is 10.0 Å². The van der Waals surface area contributed by atoms with E-state index in [2.05, 4.69) is 0 Å². The summed E-state index contributed by atoms with van der Waals surface area (Å²) >= 11 is 0. The maximum Gasteiger partial charge on any atom is 0.227 e. The van der Waals surface area contributed by atoms with Gasteiger partial charge in [-0.05, 0) is 24.8 Å². The van der Waals surface area contributed by atoms with Gasteiger partial charge in [-0.15, -0.1) is 0 Å². The molecule has 1 saturated heterocycles. The summed E-state index contributed by atoms with van der Waals surface area (Å²) in [6, 6.07) is 8.08. The lowest BCUT2D eigenvalue weighted by molar-refractivity contribution is -0.133. The van der Waals surface area contributed by atoms with Crippen molar-refractivity contribution >= 4 is 5.91 Å². The molecule has 1 aliphatic heterocycles. The second-order valence-corrected chi connectivity index (χ2v) is 5.34. The number of carbonyl (C=O) groups excluding carboxylic acids is 1. The van der Waals surface area contributed by atoms with E-state index in [4.69, 9.17) is 0 Å². The SMILES string of the molecule is Cc1ccc(CC(=O)N2CCC(O)C(C)C2)cc1. The van der Waals surface area contributed by atoms with Gasteiger partial charge in [-0.2, -0.15) is 0 Å². The van der Waals surface area contributed by atoms with Crippen LogP contribution in [0.5, 0.6) is 0 Å². The van der Waals surface area contributed by atoms with E-state index in [1.807, 2.05) is 43.0 Å². The van der Waals surface area contributed by atoms with E-state index < -0.39 is 0 Å². The van der Waals surface area contributed by atoms with E-state index in [-0.39, 0.29) is 17.9 Å². The Balaban J connectivity index is 1.94. The van der Waals surface area contributed by atoms with E-state index in [9.17, 15) is 9.90 Å². The van der Waals surface area contributed by atoms with Crippen molar-refractivity contribution in [3.05, 3.63) is 35.4 Å². The number of benzene rings is 1. The number of aliphatic hydroxyl groups is 1. The van der Waals surface area contributed by atoms with Crippen molar-refractivity contribution in [3.8, 4) is 0 Å². The number of piperidine rings is 1. The van der Waals surface area contributed by atoms with Crippen molar-refractivity contribution in [2.24, 2.45) is 5.92 Å². The summed E-state index contributed by atoms with van der Waals surface area (Å²) in [6.45, 7) is 5.39. The summed E-state index contributed by atoms with van der Waals surface area (Å²) in [5.74, 6) is 0.346. The molecular formula is C15H21NO2. The van der Waals surface area contributed by atoms with Crippen LogP contribution in [0.2, 0.25) is 0 Å². The molecule has 1 aromatic carbocycles. The van der Waals surface area contributed by atoms with Crippen LogP contribution >= 0.6 is 0 Å². The monoisotopic (exact) mass is 247 g/mol. The molecule has 2 unspecified atom stereocenters. The Morgan fingerprint density at radius 3 is 2.67 bits per heavy atom. The Bertz CT molecular complexity index is 413. The average molecular weight is 247 g/mol. The third-order valence-electron chi connectivity index (χ3n) is 3.69. The van der Waals surface area contributed by atoms with E-state index >= 15 is 0 Å². The van der Waals surface area contributed by atoms with Crippen molar-refractivity contribution in [2.75, 3.05) is 13.1 Å². The topological polar surface area (TPSA) is 40.5 Å². The zero-order valence-corrected chi connectivity index (χ0v) is 11.1. The van der Waals surface area contributed by atoms with Crippen molar-refractivity contribution in [1.29, 1.82) is 0 Å². The molecule has 18 heavy (non-hydrogen) atoms. The summed E-state index contributed by atoms with van der Waals surface area (Å²) in [5.41, 5.74) is 2.27. The first kappa shape index (κ1) is 13.1. The summed E-state index contributed by atoms with van der Waals surface area (Å²) in [6.07, 6.45) is 0.901. The Morgan fingerprint density at radius 2 is 2.06 bits per heavy atom. The molecule has 3 nitrogen and oxygen atoms in total. The third kappa shape index (κ3) is 3.10. The van der Waals surface area contributed by atoms with Gasteiger partial charge in [-0.1, -0.05) is 36.8 Å². The van der Waals surface area contributed by atoms with Crippen LogP contribution in [0, 0.1) is 12.8 Å². The smallest absolute Gasteiger partial charge is 0.227 e. The normalized spacial score (nSPS) is 24.1. The van der Waals surface area contributed by atoms with Crippen LogP contribution < -0.4 is 0 Å². The number of hydrogen-bond donors (Lipinski definition) is 1. The Morgan fingerprint density at radius 1 is 1.39 bits per heavy atom. The molecule has 1 N–H and O–H groups in total. The van der Waals surface area contributed by atoms with E-state index in [0.29, 0.717) is 25.9 Å². The molecule has 98 valence electrons. The van der Waals surface area contributed by atoms with Gasteiger partial charge in [-0.25, -0.2) is 0 Å². The van der Waals surface area contributed by atoms with Crippen molar-refractivity contribution in [2.45, 2.75) is 32.8 Å². The van der Waals surface area contributed by atoms with Crippen LogP contribution in [0.15, 0.2) is 24.3 Å². The van der Waals surface area contributed by atoms with Gasteiger partial charge in [0.05, 0.1) is 12.5 Å². The lowest BCUT2D eigenvalue weighted by Crippen LogP contribution is -2.45. The molecule has 1 amide bonds. The predicted molar refractivity (Wildman–Crippen MR) is 71.3 cm³/mol. The van der Waals surface area contributed by atoms with Gasteiger partial charge in [-0.3, -0.25) is 4.79 Å². The number of aryl methyl sites for hydroxylation is 1. The number of amides is 1. The first-order valence-electron chi connectivity index (χ1n) is 6.57. The Labute approximate surface area is 108 Å². The zero-order valence-electron chi connectivity index (χ0n) is 11.1. The highest BCUT2D eigenvalue weighted by Gasteiger charge is 2.26. The number of hydrogen-bond acceptors (Lipinski definition) is 2. The van der Waals surface area contributed by atoms with Crippen LogP contribution in [-0.2, 0) is 11.2 Å². The van der Waals surface area contributed by atoms with Gasteiger partial charge in [0.1, 0.15) is 0 Å². The van der Waals surface area contributed by atoms with Gasteiger partial charge in [0.15, 0.2) is 0 Å². The van der Waals surface area contributed by atoms with Gasteiger partial charge in [0, 0.05) is 13.1 Å². The molecule has 0 radical (unpaired) electrons. The molecule has 0 aliphatic carbocycles. The Hall–Kier alpha value is -1.35. The largest absolute Gasteiger partial charge is 0.393 e. The van der Waals surface area contributed by atoms with Crippen LogP contribution in [-0.4, -0.2) is 35.1 Å². The molecule has 0 aromatic heterocycles. The number of rotatable bonds is 2. The first-order chi connectivity index (χ1) is 8.56. The minimum Gasteiger partial charge on any atom is -0.393 e. The maximum absolute atomic E-state index is 12.1. The van der Waals surface area contributed by atoms with E-state index in [1.54, 1.807) is 0 Å². The van der Waals surface area contributed by atoms with Gasteiger partial charge >= 0.3 is 0 Å². The molecule has 2 atom stereocenters. The van der Waals surface area contributed by atoms with Crippen LogP contribution in [0.1, 0.15) is 24.5 Å². The predicted octanol–water partition coefficient (Wildman–Crippen LogP) is 1.77. The standard InChI is InChI=1S/C15H21NO2/c1-11-3-5-13(6-4-11)9-15(18)16-8-7-14(17)12(2)10-16/h3-6,12,14,17H,7-10H2,1-2H3. The summed E-state index contributed by atoms with van der Waals surface area (Å²) < 4.78 is 0. The van der Waals surface area contributed by atoms with Crippen molar-refractivity contribution in [3.63, 3.8) is 0 Å². The summed E-state index contributed by atoms with van der Waals surface area (Å²) in [5, 5.41) is 9.66. The van der Waals surface area contributed by atoms with Crippen molar-refractivity contribution < 1.29 is 9.90 Å². The second-order valence-electron chi connectivity index (χ2n) is 5.34. The van der Waals surface area contributed by atoms with E-state index in [1.165, 1.54) is 5.56 Å². The highest BCUT2D eigenvalue weighted by Crippen LogP contribution is 2.17. The van der Waals surface area contributed by atoms with Crippen LogP contribution in [0.25, 0.3) is 0 Å². The first-order valence-corrected chi connectivity index (χ1v) is 6.57. The lowest BCUT2D eigenvalue weighted by Gasteiger charge is -2.34. The third-order valence-corrected chi connectivity index (χ3v) is 3.69. The molecule has 3 heteroatoms. The fraction of sp³-hybridized carbons (Fsp3) is 0.533. The maximum atomic E-state index is 12.1. The second kappa shape index (κ2) is 5.53. The molecule has 1 aromatic rings. The zero-order chi connectivity index (χ0) is 13.1. The summed E-state index contributed by atoms with van der Waals surface area (Å²) in [7, 11) is 0. The van der Waals surface area contributed by atoms with Crippen LogP contribution in [0.4, 0.5) is 0 Å². The minimum atomic E-state index is -0.256.